The van der Waals surface area contributed by atoms with Crippen LogP contribution >= 0.6 is 11.3 Å². The Kier molecular flexibility index (Phi) is 6.40. The van der Waals surface area contributed by atoms with Crippen molar-refractivity contribution in [3.63, 3.8) is 0 Å². The summed E-state index contributed by atoms with van der Waals surface area (Å²) in [5, 5.41) is 6.25. The van der Waals surface area contributed by atoms with E-state index in [0.717, 1.165) is 39.8 Å². The van der Waals surface area contributed by atoms with Crippen LogP contribution in [-0.4, -0.2) is 11.7 Å². The monoisotopic (exact) mass is 646 g/mol. The van der Waals surface area contributed by atoms with Gasteiger partial charge in [0.05, 0.1) is 16.8 Å². The van der Waals surface area contributed by atoms with Crippen molar-refractivity contribution in [3.05, 3.63) is 191 Å². The van der Waals surface area contributed by atoms with Crippen LogP contribution in [0.25, 0.3) is 42.6 Å². The summed E-state index contributed by atoms with van der Waals surface area (Å²) < 4.78 is 2.54. The van der Waals surface area contributed by atoms with E-state index in [2.05, 4.69) is 163 Å². The maximum Gasteiger partial charge on any atom is 0.331 e. The first-order chi connectivity index (χ1) is 24.2. The molecule has 2 heterocycles. The molecule has 1 aromatic heterocycles. The van der Waals surface area contributed by atoms with Gasteiger partial charge in [-0.15, -0.1) is 11.3 Å². The van der Waals surface area contributed by atoms with E-state index < -0.39 is 0 Å². The predicted molar refractivity (Wildman–Crippen MR) is 206 cm³/mol. The van der Waals surface area contributed by atoms with Gasteiger partial charge in [0.2, 0.25) is 0 Å². The van der Waals surface area contributed by atoms with Gasteiger partial charge in [-0.3, -0.25) is 0 Å². The molecule has 2 atom stereocenters. The lowest BCUT2D eigenvalue weighted by Gasteiger charge is -2.31. The molecule has 0 saturated heterocycles. The molecule has 0 radical (unpaired) electrons. The Hall–Kier alpha value is -5.84. The van der Waals surface area contributed by atoms with Gasteiger partial charge in [0.25, 0.3) is 5.84 Å². The highest BCUT2D eigenvalue weighted by Gasteiger charge is 2.40. The first-order valence-corrected chi connectivity index (χ1v) is 17.7. The summed E-state index contributed by atoms with van der Waals surface area (Å²) in [6, 6.07) is 43.4. The molecule has 0 saturated carbocycles. The molecule has 2 unspecified atom stereocenters. The van der Waals surface area contributed by atoms with Gasteiger partial charge in [-0.25, -0.2) is 4.99 Å². The van der Waals surface area contributed by atoms with Gasteiger partial charge in [-0.05, 0) is 81.7 Å². The molecule has 3 aliphatic carbocycles. The molecule has 232 valence electrons. The second-order valence-electron chi connectivity index (χ2n) is 13.1. The van der Waals surface area contributed by atoms with Crippen molar-refractivity contribution < 1.29 is 4.99 Å². The summed E-state index contributed by atoms with van der Waals surface area (Å²) in [6.07, 6.45) is 11.7. The number of thiophene rings is 1. The zero-order valence-corrected chi connectivity index (χ0v) is 27.8. The summed E-state index contributed by atoms with van der Waals surface area (Å²) in [7, 11) is 0. The minimum absolute atomic E-state index is 0.306. The molecule has 2 N–H and O–H groups in total. The quantitative estimate of drug-likeness (QED) is 0.197. The largest absolute Gasteiger partial charge is 0.331 e. The van der Waals surface area contributed by atoms with Gasteiger partial charge in [0.15, 0.2) is 5.70 Å². The predicted octanol–water partition coefficient (Wildman–Crippen LogP) is 9.00. The van der Waals surface area contributed by atoms with Gasteiger partial charge < -0.3 is 5.32 Å². The third-order valence-corrected chi connectivity index (χ3v) is 11.5. The highest BCUT2D eigenvalue weighted by atomic mass is 32.1. The average Bonchev–Trinajstić information content (AvgIpc) is 3.63. The molecule has 0 fully saturated rings. The van der Waals surface area contributed by atoms with E-state index in [1.54, 1.807) is 0 Å². The fraction of sp³-hybridized carbons (Fsp3) is 0.0667. The van der Waals surface area contributed by atoms with Crippen LogP contribution in [0.5, 0.6) is 0 Å². The molecule has 1 aliphatic heterocycles. The highest BCUT2D eigenvalue weighted by Crippen LogP contribution is 2.56. The van der Waals surface area contributed by atoms with Crippen LogP contribution in [0.3, 0.4) is 0 Å². The Morgan fingerprint density at radius 1 is 0.633 bits per heavy atom. The molecular weight excluding hydrogens is 615 g/mol. The first-order valence-electron chi connectivity index (χ1n) is 16.9. The zero-order chi connectivity index (χ0) is 32.5. The lowest BCUT2D eigenvalue weighted by atomic mass is 9.72. The molecule has 4 heteroatoms. The second kappa shape index (κ2) is 11.1. The second-order valence-corrected chi connectivity index (χ2v) is 14.2. The first kappa shape index (κ1) is 28.2. The highest BCUT2D eigenvalue weighted by molar-refractivity contribution is 7.25. The Morgan fingerprint density at radius 2 is 1.33 bits per heavy atom. The van der Waals surface area contributed by atoms with Crippen molar-refractivity contribution >= 4 is 65.6 Å². The van der Waals surface area contributed by atoms with Crippen LogP contribution in [0.2, 0.25) is 0 Å². The van der Waals surface area contributed by atoms with Crippen LogP contribution in [0.1, 0.15) is 40.3 Å². The SMILES string of the molecule is CC1=C(c2ccccc2)[NH+]=C(c2ccccc2)N=C(c2cccc3sc4ccc(C5=CC=C6c7ccccc7C7=CC=CC5C76)cc4c23)N1. The summed E-state index contributed by atoms with van der Waals surface area (Å²) in [4.78, 5) is 9.03. The van der Waals surface area contributed by atoms with E-state index >= 15 is 0 Å². The lowest BCUT2D eigenvalue weighted by molar-refractivity contribution is -0.344. The molecule has 49 heavy (non-hydrogen) atoms. The number of benzene rings is 5. The summed E-state index contributed by atoms with van der Waals surface area (Å²) in [5.74, 6) is 2.33. The van der Waals surface area contributed by atoms with E-state index in [-0.39, 0.29) is 0 Å². The van der Waals surface area contributed by atoms with E-state index in [9.17, 15) is 0 Å². The number of hydrogen-bond donors (Lipinski definition) is 2. The molecular formula is C45H32N3S+. The van der Waals surface area contributed by atoms with Crippen molar-refractivity contribution in [3.8, 4) is 0 Å². The number of nitrogens with zero attached hydrogens (tertiary/aromatic N) is 1. The van der Waals surface area contributed by atoms with Crippen LogP contribution in [-0.2, 0) is 0 Å². The van der Waals surface area contributed by atoms with Crippen molar-refractivity contribution in [2.45, 2.75) is 6.92 Å². The van der Waals surface area contributed by atoms with Crippen LogP contribution in [0, 0.1) is 11.8 Å². The van der Waals surface area contributed by atoms with Crippen molar-refractivity contribution in [2.24, 2.45) is 16.8 Å². The Bertz CT molecular complexity index is 2570. The van der Waals surface area contributed by atoms with Crippen molar-refractivity contribution in [1.29, 1.82) is 0 Å². The van der Waals surface area contributed by atoms with E-state index in [4.69, 9.17) is 4.99 Å². The number of hydrogen-bond acceptors (Lipinski definition) is 3. The van der Waals surface area contributed by atoms with Crippen LogP contribution in [0.15, 0.2) is 162 Å². The number of aliphatic imine (C=N–C) groups is 1. The fourth-order valence-electron chi connectivity index (χ4n) is 8.09. The van der Waals surface area contributed by atoms with E-state index in [0.29, 0.717) is 11.8 Å². The topological polar surface area (TPSA) is 38.4 Å². The van der Waals surface area contributed by atoms with Gasteiger partial charge >= 0.3 is 5.84 Å². The minimum Gasteiger partial charge on any atom is -0.319 e. The molecule has 5 aromatic carbocycles. The summed E-state index contributed by atoms with van der Waals surface area (Å²) in [5.41, 5.74) is 13.6. The van der Waals surface area contributed by atoms with E-state index in [1.807, 2.05) is 17.4 Å². The zero-order valence-electron chi connectivity index (χ0n) is 26.9. The molecule has 4 aliphatic rings. The number of allylic oxidation sites excluding steroid dienone is 9. The van der Waals surface area contributed by atoms with Crippen LogP contribution in [0.4, 0.5) is 0 Å². The van der Waals surface area contributed by atoms with Crippen LogP contribution < -0.4 is 10.3 Å². The van der Waals surface area contributed by atoms with Gasteiger partial charge in [0.1, 0.15) is 0 Å². The van der Waals surface area contributed by atoms with Crippen molar-refractivity contribution in [2.75, 3.05) is 0 Å². The summed E-state index contributed by atoms with van der Waals surface area (Å²) in [6.45, 7) is 2.13. The van der Waals surface area contributed by atoms with Gasteiger partial charge in [0, 0.05) is 37.6 Å². The smallest absolute Gasteiger partial charge is 0.319 e. The third kappa shape index (κ3) is 4.48. The Morgan fingerprint density at radius 3 is 2.12 bits per heavy atom. The number of amidine groups is 2. The maximum atomic E-state index is 5.33. The fourth-order valence-corrected chi connectivity index (χ4v) is 9.21. The Labute approximate surface area is 289 Å². The number of nitrogens with one attached hydrogen (secondary N) is 2. The summed E-state index contributed by atoms with van der Waals surface area (Å²) >= 11 is 1.85. The van der Waals surface area contributed by atoms with Crippen molar-refractivity contribution in [1.82, 2.24) is 5.32 Å². The minimum atomic E-state index is 0.306. The molecule has 6 aromatic rings. The molecule has 10 rings (SSSR count). The molecule has 0 amide bonds. The van der Waals surface area contributed by atoms with Gasteiger partial charge in [-0.2, -0.15) is 0 Å². The van der Waals surface area contributed by atoms with E-state index in [1.165, 1.54) is 53.6 Å². The van der Waals surface area contributed by atoms with Gasteiger partial charge in [-0.1, -0.05) is 115 Å². The number of fused-ring (bicyclic) bond motifs is 6. The average molecular weight is 647 g/mol. The lowest BCUT2D eigenvalue weighted by Crippen LogP contribution is -2.69. The molecule has 0 spiro atoms. The third-order valence-electron chi connectivity index (χ3n) is 10.3. The molecule has 3 nitrogen and oxygen atoms in total. The normalized spacial score (nSPS) is 19.3. The standard InChI is InChI=1S/C45H31N3S/c1-27-43(28-12-4-2-5-13-28)47-44(29-14-6-3-7-15-29)48-45(46-27)37-20-11-21-40-42(37)38-26-30(22-25-39(38)49-40)31-23-24-36-33-17-9-8-16-32(33)35-19-10-18-34(31)41(35)36/h2-26,34,41H,1H3,(H,46,47,48)/p+1. The maximum absolute atomic E-state index is 5.33. The number of rotatable bonds is 4. The molecule has 0 bridgehead atoms. The Balaban J connectivity index is 1.13.